The Hall–Kier alpha value is -3.03. The molecule has 1 heterocycles. The van der Waals surface area contributed by atoms with E-state index < -0.39 is 6.36 Å². The number of fused-ring (bicyclic) bond motifs is 1. The number of anilines is 1. The van der Waals surface area contributed by atoms with Gasteiger partial charge in [-0.2, -0.15) is 0 Å². The summed E-state index contributed by atoms with van der Waals surface area (Å²) < 4.78 is 42.7. The van der Waals surface area contributed by atoms with E-state index in [0.29, 0.717) is 34.4 Å². The van der Waals surface area contributed by atoms with Crippen LogP contribution in [0.5, 0.6) is 5.75 Å². The number of rotatable bonds is 4. The van der Waals surface area contributed by atoms with Crippen molar-refractivity contribution >= 4 is 16.7 Å². The van der Waals surface area contributed by atoms with Crippen LogP contribution in [0.2, 0.25) is 0 Å². The molecule has 0 saturated heterocycles. The lowest BCUT2D eigenvalue weighted by Crippen LogP contribution is -2.26. The van der Waals surface area contributed by atoms with Crippen molar-refractivity contribution in [1.82, 2.24) is 9.55 Å². The molecule has 0 amide bonds. The van der Waals surface area contributed by atoms with Gasteiger partial charge in [0.05, 0.1) is 17.6 Å². The van der Waals surface area contributed by atoms with Crippen LogP contribution >= 0.6 is 0 Å². The molecule has 26 heavy (non-hydrogen) atoms. The van der Waals surface area contributed by atoms with Gasteiger partial charge >= 0.3 is 6.36 Å². The van der Waals surface area contributed by atoms with Crippen molar-refractivity contribution in [1.29, 1.82) is 0 Å². The van der Waals surface area contributed by atoms with Crippen LogP contribution in [0.1, 0.15) is 18.2 Å². The molecule has 2 N–H and O–H groups in total. The van der Waals surface area contributed by atoms with Crippen LogP contribution in [0.15, 0.2) is 47.3 Å². The zero-order chi connectivity index (χ0) is 18.9. The monoisotopic (exact) mass is 363 g/mol. The quantitative estimate of drug-likeness (QED) is 0.721. The van der Waals surface area contributed by atoms with Crippen molar-refractivity contribution in [2.75, 3.05) is 5.73 Å². The predicted octanol–water partition coefficient (Wildman–Crippen LogP) is 3.49. The molecule has 0 spiro atoms. The van der Waals surface area contributed by atoms with E-state index in [0.717, 1.165) is 0 Å². The van der Waals surface area contributed by atoms with Crippen molar-refractivity contribution in [2.24, 2.45) is 0 Å². The van der Waals surface area contributed by atoms with Gasteiger partial charge in [0, 0.05) is 5.69 Å². The first-order chi connectivity index (χ1) is 12.3. The van der Waals surface area contributed by atoms with Crippen molar-refractivity contribution < 1.29 is 17.9 Å². The van der Waals surface area contributed by atoms with E-state index in [-0.39, 0.29) is 17.9 Å². The first-order valence-corrected chi connectivity index (χ1v) is 7.90. The van der Waals surface area contributed by atoms with E-state index in [1.54, 1.807) is 24.3 Å². The van der Waals surface area contributed by atoms with E-state index in [1.807, 2.05) is 6.92 Å². The lowest BCUT2D eigenvalue weighted by molar-refractivity contribution is -0.274. The molecule has 0 aliphatic carbocycles. The molecule has 3 rings (SSSR count). The average molecular weight is 363 g/mol. The van der Waals surface area contributed by atoms with Gasteiger partial charge in [-0.05, 0) is 42.3 Å². The van der Waals surface area contributed by atoms with E-state index in [4.69, 9.17) is 5.73 Å². The Morgan fingerprint density at radius 2 is 1.96 bits per heavy atom. The topological polar surface area (TPSA) is 70.1 Å². The number of hydrogen-bond acceptors (Lipinski definition) is 4. The van der Waals surface area contributed by atoms with Gasteiger partial charge in [-0.1, -0.05) is 19.1 Å². The molecular weight excluding hydrogens is 347 g/mol. The van der Waals surface area contributed by atoms with Gasteiger partial charge in [0.2, 0.25) is 0 Å². The number of hydrogen-bond donors (Lipinski definition) is 1. The number of benzene rings is 2. The fourth-order valence-electron chi connectivity index (χ4n) is 2.73. The number of nitrogens with two attached hydrogens (primary N) is 1. The zero-order valence-electron chi connectivity index (χ0n) is 13.9. The molecule has 0 radical (unpaired) electrons. The third kappa shape index (κ3) is 3.79. The Labute approximate surface area is 146 Å². The highest BCUT2D eigenvalue weighted by Crippen LogP contribution is 2.24. The van der Waals surface area contributed by atoms with Crippen molar-refractivity contribution in [3.8, 4) is 5.75 Å². The number of aromatic nitrogens is 2. The normalized spacial score (nSPS) is 11.7. The van der Waals surface area contributed by atoms with Crippen LogP contribution in [-0.2, 0) is 13.0 Å². The summed E-state index contributed by atoms with van der Waals surface area (Å²) in [7, 11) is 0. The lowest BCUT2D eigenvalue weighted by Gasteiger charge is -2.14. The second-order valence-corrected chi connectivity index (χ2v) is 5.75. The number of nitrogens with zero attached hydrogens (tertiary/aromatic N) is 2. The number of aryl methyl sites for hydroxylation is 1. The lowest BCUT2D eigenvalue weighted by atomic mass is 10.2. The third-order valence-electron chi connectivity index (χ3n) is 3.85. The molecule has 8 heteroatoms. The first kappa shape index (κ1) is 17.8. The molecule has 0 saturated carbocycles. The Balaban J connectivity index is 2.07. The molecule has 136 valence electrons. The molecule has 0 aliphatic rings. The Bertz CT molecular complexity index is 1010. The third-order valence-corrected chi connectivity index (χ3v) is 3.85. The van der Waals surface area contributed by atoms with Crippen LogP contribution in [0.25, 0.3) is 11.0 Å². The van der Waals surface area contributed by atoms with Gasteiger partial charge in [-0.3, -0.25) is 4.79 Å². The summed E-state index contributed by atoms with van der Waals surface area (Å²) in [6.45, 7) is 1.90. The maximum Gasteiger partial charge on any atom is 0.573 e. The number of halogens is 3. The maximum absolute atomic E-state index is 12.7. The molecule has 0 bridgehead atoms. The van der Waals surface area contributed by atoms with Gasteiger partial charge in [0.25, 0.3) is 5.56 Å². The highest BCUT2D eigenvalue weighted by molar-refractivity contribution is 5.78. The first-order valence-electron chi connectivity index (χ1n) is 7.90. The summed E-state index contributed by atoms with van der Waals surface area (Å²) in [5, 5.41) is 0. The number of alkyl halides is 3. The van der Waals surface area contributed by atoms with Gasteiger partial charge in [0.1, 0.15) is 11.4 Å². The van der Waals surface area contributed by atoms with Crippen molar-refractivity contribution in [2.45, 2.75) is 26.3 Å². The minimum absolute atomic E-state index is 0.0871. The van der Waals surface area contributed by atoms with Crippen molar-refractivity contribution in [3.05, 3.63) is 64.1 Å². The Kier molecular flexibility index (Phi) is 4.58. The van der Waals surface area contributed by atoms with Crippen LogP contribution in [0, 0.1) is 0 Å². The number of nitrogen functional groups attached to an aromatic ring is 1. The molecule has 0 fully saturated rings. The van der Waals surface area contributed by atoms with Gasteiger partial charge in [-0.25, -0.2) is 4.98 Å². The summed E-state index contributed by atoms with van der Waals surface area (Å²) in [5.74, 6) is -0.332. The van der Waals surface area contributed by atoms with Gasteiger partial charge in [-0.15, -0.1) is 13.2 Å². The molecular formula is C18H16F3N3O2. The Morgan fingerprint density at radius 3 is 2.65 bits per heavy atom. The molecule has 3 aromatic rings. The molecule has 0 unspecified atom stereocenters. The molecule has 0 atom stereocenters. The Morgan fingerprint density at radius 1 is 1.19 bits per heavy atom. The summed E-state index contributed by atoms with van der Waals surface area (Å²) in [4.78, 5) is 17.0. The largest absolute Gasteiger partial charge is 0.573 e. The van der Waals surface area contributed by atoms with E-state index in [1.165, 1.54) is 22.8 Å². The minimum atomic E-state index is -4.77. The van der Waals surface area contributed by atoms with E-state index >= 15 is 0 Å². The smallest absolute Gasteiger partial charge is 0.406 e. The summed E-state index contributed by atoms with van der Waals surface area (Å²) in [6, 6.07) is 10.5. The van der Waals surface area contributed by atoms with E-state index in [2.05, 4.69) is 9.72 Å². The predicted molar refractivity (Wildman–Crippen MR) is 92.0 cm³/mol. The summed E-state index contributed by atoms with van der Waals surface area (Å²) in [6.07, 6.45) is -4.34. The number of ether oxygens (including phenoxy) is 1. The fraction of sp³-hybridized carbons (Fsp3) is 0.222. The van der Waals surface area contributed by atoms with Gasteiger partial charge < -0.3 is 15.0 Å². The molecule has 0 aliphatic heterocycles. The van der Waals surface area contributed by atoms with Crippen LogP contribution < -0.4 is 16.0 Å². The van der Waals surface area contributed by atoms with Crippen LogP contribution in [0.3, 0.4) is 0 Å². The zero-order valence-corrected chi connectivity index (χ0v) is 13.9. The highest BCUT2D eigenvalue weighted by Gasteiger charge is 2.31. The second-order valence-electron chi connectivity index (χ2n) is 5.75. The fourth-order valence-corrected chi connectivity index (χ4v) is 2.73. The molecule has 5 nitrogen and oxygen atoms in total. The summed E-state index contributed by atoms with van der Waals surface area (Å²) in [5.41, 5.74) is 8.00. The highest BCUT2D eigenvalue weighted by atomic mass is 19.4. The standard InChI is InChI=1S/C18H16F3N3O2/c1-2-14-17(25)24(16-7-6-12(22)9-15(16)23-14)10-11-4-3-5-13(8-11)26-18(19,20)21/h3-9H,2,10,22H2,1H3. The minimum Gasteiger partial charge on any atom is -0.406 e. The SMILES string of the molecule is CCc1nc2cc(N)ccc2n(Cc2cccc(OC(F)(F)F)c2)c1=O. The second kappa shape index (κ2) is 6.70. The van der Waals surface area contributed by atoms with Crippen LogP contribution in [0.4, 0.5) is 18.9 Å². The van der Waals surface area contributed by atoms with E-state index in [9.17, 15) is 18.0 Å². The molecule has 1 aromatic heterocycles. The van der Waals surface area contributed by atoms with Gasteiger partial charge in [0.15, 0.2) is 0 Å². The average Bonchev–Trinajstić information content (AvgIpc) is 2.56. The van der Waals surface area contributed by atoms with Crippen molar-refractivity contribution in [3.63, 3.8) is 0 Å². The van der Waals surface area contributed by atoms with Crippen LogP contribution in [-0.4, -0.2) is 15.9 Å². The molecule has 2 aromatic carbocycles. The summed E-state index contributed by atoms with van der Waals surface area (Å²) >= 11 is 0. The maximum atomic E-state index is 12.7.